The fourth-order valence-corrected chi connectivity index (χ4v) is 4.84. The van der Waals surface area contributed by atoms with Crippen molar-refractivity contribution in [1.82, 2.24) is 0 Å². The number of hydrogen-bond acceptors (Lipinski definition) is 0. The first-order chi connectivity index (χ1) is 5.99. The molecular weight excluding hydrogens is 271 g/mol. The van der Waals surface area contributed by atoms with E-state index in [1.54, 1.807) is 0 Å². The van der Waals surface area contributed by atoms with Crippen molar-refractivity contribution >= 4 is 39.1 Å². The Balaban J connectivity index is 2.25. The first kappa shape index (κ1) is 8.58. The third-order valence-electron chi connectivity index (χ3n) is 3.11. The van der Waals surface area contributed by atoms with Crippen molar-refractivity contribution in [1.29, 1.82) is 0 Å². The van der Waals surface area contributed by atoms with E-state index in [1.807, 2.05) is 24.3 Å². The molecule has 3 aliphatic rings. The smallest absolute Gasteiger partial charge is 0.0878 e. The van der Waals surface area contributed by atoms with Gasteiger partial charge in [-0.15, -0.1) is 23.2 Å². The van der Waals surface area contributed by atoms with Crippen molar-refractivity contribution in [3.63, 3.8) is 0 Å². The molecular formula is C10H7BrCl2. The average Bonchev–Trinajstić information content (AvgIpc) is 2.58. The molecule has 2 atom stereocenters. The van der Waals surface area contributed by atoms with Crippen molar-refractivity contribution in [3.8, 4) is 0 Å². The summed E-state index contributed by atoms with van der Waals surface area (Å²) in [5.74, 6) is 0.177. The van der Waals surface area contributed by atoms with Gasteiger partial charge in [-0.05, 0) is 0 Å². The molecule has 0 aromatic carbocycles. The van der Waals surface area contributed by atoms with E-state index < -0.39 is 9.75 Å². The zero-order chi connectivity index (χ0) is 9.32. The summed E-state index contributed by atoms with van der Waals surface area (Å²) < 4.78 is -0.139. The fourth-order valence-electron chi connectivity index (χ4n) is 2.53. The molecule has 0 radical (unpaired) electrons. The van der Waals surface area contributed by atoms with E-state index in [0.717, 1.165) is 0 Å². The molecule has 3 rings (SSSR count). The molecule has 3 heteroatoms. The van der Waals surface area contributed by atoms with Crippen LogP contribution in [0.1, 0.15) is 0 Å². The summed E-state index contributed by atoms with van der Waals surface area (Å²) in [6, 6.07) is 0. The van der Waals surface area contributed by atoms with Crippen molar-refractivity contribution < 1.29 is 0 Å². The standard InChI is InChI=1S/C10H7BrCl2/c11-8-1-3-9(12)5-6-10(13,4-2-8)7(8)9/h1-7H. The zero-order valence-corrected chi connectivity index (χ0v) is 9.77. The van der Waals surface area contributed by atoms with E-state index in [2.05, 4.69) is 28.1 Å². The van der Waals surface area contributed by atoms with Crippen LogP contribution in [0, 0.1) is 5.92 Å². The predicted molar refractivity (Wildman–Crippen MR) is 59.7 cm³/mol. The summed E-state index contributed by atoms with van der Waals surface area (Å²) in [5, 5.41) is 0. The second-order valence-corrected chi connectivity index (χ2v) is 6.60. The lowest BCUT2D eigenvalue weighted by Crippen LogP contribution is -2.39. The minimum Gasteiger partial charge on any atom is -0.110 e. The van der Waals surface area contributed by atoms with Gasteiger partial charge < -0.3 is 0 Å². The lowest BCUT2D eigenvalue weighted by atomic mass is 9.87. The molecule has 2 unspecified atom stereocenters. The van der Waals surface area contributed by atoms with Crippen LogP contribution in [0.5, 0.6) is 0 Å². The molecule has 0 amide bonds. The molecule has 13 heavy (non-hydrogen) atoms. The summed E-state index contributed by atoms with van der Waals surface area (Å²) in [5.41, 5.74) is 0. The van der Waals surface area contributed by atoms with Crippen LogP contribution in [0.15, 0.2) is 36.5 Å². The van der Waals surface area contributed by atoms with E-state index in [4.69, 9.17) is 23.2 Å². The number of allylic oxidation sites excluding steroid dienone is 6. The van der Waals surface area contributed by atoms with Gasteiger partial charge in [0.15, 0.2) is 0 Å². The second-order valence-electron chi connectivity index (χ2n) is 3.91. The fraction of sp³-hybridized carbons (Fsp3) is 0.400. The molecule has 0 saturated carbocycles. The third kappa shape index (κ3) is 0.841. The molecule has 0 aliphatic heterocycles. The molecule has 0 nitrogen and oxygen atoms in total. The molecule has 68 valence electrons. The lowest BCUT2D eigenvalue weighted by molar-refractivity contribution is 0.489. The molecule has 0 N–H and O–H groups in total. The van der Waals surface area contributed by atoms with Crippen molar-refractivity contribution in [2.24, 2.45) is 5.92 Å². The summed E-state index contributed by atoms with van der Waals surface area (Å²) in [6.07, 6.45) is 12.2. The van der Waals surface area contributed by atoms with Gasteiger partial charge in [0.2, 0.25) is 0 Å². The Morgan fingerprint density at radius 3 is 1.69 bits per heavy atom. The monoisotopic (exact) mass is 276 g/mol. The van der Waals surface area contributed by atoms with Crippen molar-refractivity contribution in [2.75, 3.05) is 0 Å². The molecule has 0 spiro atoms. The van der Waals surface area contributed by atoms with Gasteiger partial charge in [0, 0.05) is 5.92 Å². The SMILES string of the molecule is ClC12C=CC3(Cl)C=CC(Br)(C=C1)C23. The second kappa shape index (κ2) is 2.10. The van der Waals surface area contributed by atoms with Gasteiger partial charge in [0.25, 0.3) is 0 Å². The quantitative estimate of drug-likeness (QED) is 0.470. The maximum Gasteiger partial charge on any atom is 0.0878 e. The molecule has 0 heterocycles. The maximum atomic E-state index is 6.45. The maximum absolute atomic E-state index is 6.45. The molecule has 3 aliphatic carbocycles. The van der Waals surface area contributed by atoms with Crippen LogP contribution < -0.4 is 0 Å². The van der Waals surface area contributed by atoms with Gasteiger partial charge in [-0.3, -0.25) is 0 Å². The van der Waals surface area contributed by atoms with Gasteiger partial charge >= 0.3 is 0 Å². The highest BCUT2D eigenvalue weighted by molar-refractivity contribution is 9.10. The number of hydrogen-bond donors (Lipinski definition) is 0. The average molecular weight is 278 g/mol. The summed E-state index contributed by atoms with van der Waals surface area (Å²) >= 11 is 16.6. The highest BCUT2D eigenvalue weighted by Crippen LogP contribution is 2.62. The van der Waals surface area contributed by atoms with Crippen LogP contribution in [0.3, 0.4) is 0 Å². The Bertz CT molecular complexity index is 292. The predicted octanol–water partition coefficient (Wildman–Crippen LogP) is 3.40. The van der Waals surface area contributed by atoms with Crippen molar-refractivity contribution in [3.05, 3.63) is 36.5 Å². The Kier molecular flexibility index (Phi) is 1.39. The van der Waals surface area contributed by atoms with Crippen LogP contribution in [0.4, 0.5) is 0 Å². The van der Waals surface area contributed by atoms with Gasteiger partial charge in [-0.25, -0.2) is 0 Å². The topological polar surface area (TPSA) is 0 Å². The van der Waals surface area contributed by atoms with Crippen LogP contribution >= 0.6 is 39.1 Å². The molecule has 0 bridgehead atoms. The van der Waals surface area contributed by atoms with Crippen LogP contribution in [-0.4, -0.2) is 14.1 Å². The molecule has 0 fully saturated rings. The normalized spacial score (nSPS) is 60.7. The van der Waals surface area contributed by atoms with Gasteiger partial charge in [0.05, 0.1) is 14.1 Å². The Morgan fingerprint density at radius 2 is 1.23 bits per heavy atom. The number of alkyl halides is 3. The highest BCUT2D eigenvalue weighted by Gasteiger charge is 2.63. The summed E-state index contributed by atoms with van der Waals surface area (Å²) in [7, 11) is 0. The highest BCUT2D eigenvalue weighted by atomic mass is 79.9. The van der Waals surface area contributed by atoms with E-state index >= 15 is 0 Å². The minimum absolute atomic E-state index is 0.139. The summed E-state index contributed by atoms with van der Waals surface area (Å²) in [4.78, 5) is -0.788. The van der Waals surface area contributed by atoms with Crippen LogP contribution in [0.2, 0.25) is 0 Å². The van der Waals surface area contributed by atoms with Gasteiger partial charge in [-0.1, -0.05) is 52.4 Å². The Morgan fingerprint density at radius 1 is 0.846 bits per heavy atom. The molecule has 0 saturated heterocycles. The zero-order valence-electron chi connectivity index (χ0n) is 6.68. The van der Waals surface area contributed by atoms with E-state index in [0.29, 0.717) is 0 Å². The molecule has 0 aromatic rings. The first-order valence-corrected chi connectivity index (χ1v) is 5.71. The third-order valence-corrected chi connectivity index (χ3v) is 5.04. The van der Waals surface area contributed by atoms with Gasteiger partial charge in [-0.2, -0.15) is 0 Å². The van der Waals surface area contributed by atoms with E-state index in [1.165, 1.54) is 0 Å². The van der Waals surface area contributed by atoms with E-state index in [9.17, 15) is 0 Å². The Labute approximate surface area is 95.4 Å². The number of halogens is 3. The molecule has 0 aromatic heterocycles. The minimum atomic E-state index is -0.394. The Hall–Kier alpha value is 0.280. The number of rotatable bonds is 0. The van der Waals surface area contributed by atoms with Crippen LogP contribution in [-0.2, 0) is 0 Å². The largest absolute Gasteiger partial charge is 0.110 e. The van der Waals surface area contributed by atoms with Crippen LogP contribution in [0.25, 0.3) is 0 Å². The van der Waals surface area contributed by atoms with Crippen molar-refractivity contribution in [2.45, 2.75) is 14.1 Å². The first-order valence-electron chi connectivity index (χ1n) is 4.17. The van der Waals surface area contributed by atoms with E-state index in [-0.39, 0.29) is 10.2 Å². The lowest BCUT2D eigenvalue weighted by Gasteiger charge is -2.32. The summed E-state index contributed by atoms with van der Waals surface area (Å²) in [6.45, 7) is 0. The van der Waals surface area contributed by atoms with Gasteiger partial charge in [0.1, 0.15) is 0 Å².